The van der Waals surface area contributed by atoms with Crippen LogP contribution in [0, 0.1) is 5.92 Å². The average molecular weight is 518 g/mol. The molecule has 1 heterocycles. The average Bonchev–Trinajstić information content (AvgIpc) is 3.35. The lowest BCUT2D eigenvalue weighted by Crippen LogP contribution is -2.51. The molecule has 202 valence electrons. The molecule has 2 aromatic carbocycles. The number of nitrogens with one attached hydrogen (secondary N) is 2. The maximum atomic E-state index is 13.8. The zero-order chi connectivity index (χ0) is 26.7. The first kappa shape index (κ1) is 27.4. The van der Waals surface area contributed by atoms with E-state index in [1.54, 1.807) is 4.90 Å². The Morgan fingerprint density at radius 2 is 1.76 bits per heavy atom. The number of carbonyl (C=O) groups is 3. The number of hydrogen-bond acceptors (Lipinski definition) is 4. The van der Waals surface area contributed by atoms with Crippen LogP contribution in [0.25, 0.3) is 10.9 Å². The van der Waals surface area contributed by atoms with Crippen LogP contribution in [0.15, 0.2) is 60.8 Å². The summed E-state index contributed by atoms with van der Waals surface area (Å²) in [6.45, 7) is 0.345. The molecule has 2 amide bonds. The van der Waals surface area contributed by atoms with E-state index in [0.717, 1.165) is 34.9 Å². The second-order valence-corrected chi connectivity index (χ2v) is 10.3. The summed E-state index contributed by atoms with van der Waals surface area (Å²) in [5.41, 5.74) is 2.79. The zero-order valence-electron chi connectivity index (χ0n) is 22.3. The van der Waals surface area contributed by atoms with Crippen LogP contribution < -0.4 is 5.32 Å². The van der Waals surface area contributed by atoms with Crippen LogP contribution in [-0.4, -0.2) is 53.9 Å². The highest BCUT2D eigenvalue weighted by molar-refractivity contribution is 5.93. The van der Waals surface area contributed by atoms with Crippen molar-refractivity contribution < 1.29 is 19.1 Å². The minimum atomic E-state index is -0.783. The summed E-state index contributed by atoms with van der Waals surface area (Å²) in [5.74, 6) is -0.256. The minimum Gasteiger partial charge on any atom is -0.468 e. The molecule has 0 saturated heterocycles. The molecule has 2 N–H and O–H groups in total. The smallest absolute Gasteiger partial charge is 0.325 e. The van der Waals surface area contributed by atoms with Gasteiger partial charge in [-0.1, -0.05) is 80.6 Å². The first-order valence-electron chi connectivity index (χ1n) is 13.8. The summed E-state index contributed by atoms with van der Waals surface area (Å²) < 4.78 is 4.89. The Labute approximate surface area is 224 Å². The fourth-order valence-corrected chi connectivity index (χ4v) is 5.50. The summed E-state index contributed by atoms with van der Waals surface area (Å²) in [6.07, 6.45) is 10.6. The van der Waals surface area contributed by atoms with Crippen molar-refractivity contribution in [3.63, 3.8) is 0 Å². The van der Waals surface area contributed by atoms with E-state index in [9.17, 15) is 14.4 Å². The number of para-hydroxylation sites is 1. The molecule has 3 aromatic rings. The maximum Gasteiger partial charge on any atom is 0.325 e. The Morgan fingerprint density at radius 3 is 2.53 bits per heavy atom. The van der Waals surface area contributed by atoms with Crippen molar-refractivity contribution in [1.82, 2.24) is 15.2 Å². The molecule has 1 aliphatic carbocycles. The van der Waals surface area contributed by atoms with Crippen LogP contribution in [0.5, 0.6) is 0 Å². The number of amides is 2. The van der Waals surface area contributed by atoms with Crippen LogP contribution in [0.4, 0.5) is 0 Å². The fraction of sp³-hybridized carbons (Fsp3) is 0.452. The van der Waals surface area contributed by atoms with Crippen molar-refractivity contribution in [3.05, 3.63) is 71.9 Å². The highest BCUT2D eigenvalue weighted by Crippen LogP contribution is 2.27. The third-order valence-electron chi connectivity index (χ3n) is 7.57. The topological polar surface area (TPSA) is 91.5 Å². The first-order chi connectivity index (χ1) is 18.5. The number of carbonyl (C=O) groups excluding carboxylic acids is 3. The summed E-state index contributed by atoms with van der Waals surface area (Å²) in [4.78, 5) is 44.0. The molecule has 1 aromatic heterocycles. The standard InChI is InChI=1S/C31H39N3O4/c1-38-30(36)22-34(18-10-15-23-11-4-2-5-12-23)31(37)28(19-24-13-6-3-7-14-24)33-29(35)20-25-21-32-27-17-9-8-16-26(25)27/h3,6-9,13-14,16-17,21,23,28,32H,2,4-5,10-12,15,18-20,22H2,1H3,(H,33,35). The highest BCUT2D eigenvalue weighted by Gasteiger charge is 2.28. The summed E-state index contributed by atoms with van der Waals surface area (Å²) >= 11 is 0. The number of rotatable bonds is 12. The molecule has 1 unspecified atom stereocenters. The molecule has 38 heavy (non-hydrogen) atoms. The Morgan fingerprint density at radius 1 is 1.03 bits per heavy atom. The van der Waals surface area contributed by atoms with E-state index in [0.29, 0.717) is 18.9 Å². The molecule has 0 spiro atoms. The van der Waals surface area contributed by atoms with Crippen molar-refractivity contribution in [2.75, 3.05) is 20.2 Å². The predicted octanol–water partition coefficient (Wildman–Crippen LogP) is 4.80. The Bertz CT molecular complexity index is 1200. The molecule has 0 radical (unpaired) electrons. The van der Waals surface area contributed by atoms with Gasteiger partial charge in [-0.25, -0.2) is 0 Å². The number of ether oxygens (including phenoxy) is 1. The van der Waals surface area contributed by atoms with E-state index in [4.69, 9.17) is 4.74 Å². The van der Waals surface area contributed by atoms with Gasteiger partial charge in [-0.3, -0.25) is 14.4 Å². The van der Waals surface area contributed by atoms with Crippen LogP contribution in [0.2, 0.25) is 0 Å². The third kappa shape index (κ3) is 7.70. The molecular formula is C31H39N3O4. The molecule has 7 nitrogen and oxygen atoms in total. The summed E-state index contributed by atoms with van der Waals surface area (Å²) in [5, 5.41) is 3.97. The van der Waals surface area contributed by atoms with Gasteiger partial charge in [0.2, 0.25) is 11.8 Å². The monoisotopic (exact) mass is 517 g/mol. The molecule has 0 bridgehead atoms. The van der Waals surface area contributed by atoms with Gasteiger partial charge in [-0.2, -0.15) is 0 Å². The van der Waals surface area contributed by atoms with Crippen molar-refractivity contribution in [2.24, 2.45) is 5.92 Å². The normalized spacial score (nSPS) is 14.7. The van der Waals surface area contributed by atoms with Gasteiger partial charge in [0, 0.05) is 30.1 Å². The molecule has 1 aliphatic rings. The van der Waals surface area contributed by atoms with E-state index in [2.05, 4.69) is 10.3 Å². The molecule has 7 heteroatoms. The van der Waals surface area contributed by atoms with E-state index in [1.807, 2.05) is 60.8 Å². The fourth-order valence-electron chi connectivity index (χ4n) is 5.50. The van der Waals surface area contributed by atoms with Crippen LogP contribution in [-0.2, 0) is 32.0 Å². The van der Waals surface area contributed by atoms with Gasteiger partial charge in [0.15, 0.2) is 0 Å². The van der Waals surface area contributed by atoms with Crippen LogP contribution in [0.3, 0.4) is 0 Å². The second-order valence-electron chi connectivity index (χ2n) is 10.3. The lowest BCUT2D eigenvalue weighted by atomic mass is 9.86. The molecule has 1 saturated carbocycles. The summed E-state index contributed by atoms with van der Waals surface area (Å²) in [7, 11) is 1.33. The van der Waals surface area contributed by atoms with E-state index in [-0.39, 0.29) is 24.8 Å². The van der Waals surface area contributed by atoms with Gasteiger partial charge in [0.05, 0.1) is 13.5 Å². The lowest BCUT2D eigenvalue weighted by Gasteiger charge is -2.28. The third-order valence-corrected chi connectivity index (χ3v) is 7.57. The minimum absolute atomic E-state index is 0.121. The van der Waals surface area contributed by atoms with Gasteiger partial charge in [0.25, 0.3) is 0 Å². The molecule has 4 rings (SSSR count). The van der Waals surface area contributed by atoms with Crippen molar-refractivity contribution in [3.8, 4) is 0 Å². The molecular weight excluding hydrogens is 478 g/mol. The first-order valence-corrected chi connectivity index (χ1v) is 13.8. The molecule has 0 aliphatic heterocycles. The number of nitrogens with zero attached hydrogens (tertiary/aromatic N) is 1. The van der Waals surface area contributed by atoms with Gasteiger partial charge < -0.3 is 19.9 Å². The zero-order valence-corrected chi connectivity index (χ0v) is 22.3. The molecule has 1 atom stereocenters. The quantitative estimate of drug-likeness (QED) is 0.338. The second kappa shape index (κ2) is 13.8. The highest BCUT2D eigenvalue weighted by atomic mass is 16.5. The van der Waals surface area contributed by atoms with E-state index in [1.165, 1.54) is 39.2 Å². The number of fused-ring (bicyclic) bond motifs is 1. The lowest BCUT2D eigenvalue weighted by molar-refractivity contribution is -0.148. The maximum absolute atomic E-state index is 13.8. The number of hydrogen-bond donors (Lipinski definition) is 2. The SMILES string of the molecule is COC(=O)CN(CCCC1CCCCC1)C(=O)C(Cc1ccccc1)NC(=O)Cc1c[nH]c2ccccc12. The van der Waals surface area contributed by atoms with Gasteiger partial charge in [-0.05, 0) is 36.0 Å². The predicted molar refractivity (Wildman–Crippen MR) is 148 cm³/mol. The Hall–Kier alpha value is -3.61. The number of benzene rings is 2. The van der Waals surface area contributed by atoms with Crippen molar-refractivity contribution >= 4 is 28.7 Å². The van der Waals surface area contributed by atoms with Crippen molar-refractivity contribution in [1.29, 1.82) is 0 Å². The number of H-pyrrole nitrogens is 1. The van der Waals surface area contributed by atoms with Crippen LogP contribution in [0.1, 0.15) is 56.1 Å². The van der Waals surface area contributed by atoms with Gasteiger partial charge in [-0.15, -0.1) is 0 Å². The number of aromatic amines is 1. The molecule has 1 fully saturated rings. The Balaban J connectivity index is 1.47. The number of aromatic nitrogens is 1. The largest absolute Gasteiger partial charge is 0.468 e. The van der Waals surface area contributed by atoms with Gasteiger partial charge >= 0.3 is 5.97 Å². The van der Waals surface area contributed by atoms with Crippen molar-refractivity contribution in [2.45, 2.75) is 63.8 Å². The van der Waals surface area contributed by atoms with Gasteiger partial charge in [0.1, 0.15) is 12.6 Å². The van der Waals surface area contributed by atoms with E-state index < -0.39 is 12.0 Å². The Kier molecular flexibility index (Phi) is 9.96. The number of esters is 1. The summed E-state index contributed by atoms with van der Waals surface area (Å²) in [6, 6.07) is 16.7. The number of methoxy groups -OCH3 is 1. The van der Waals surface area contributed by atoms with Crippen LogP contribution >= 0.6 is 0 Å². The van der Waals surface area contributed by atoms with E-state index >= 15 is 0 Å².